The highest BCUT2D eigenvalue weighted by atomic mass is 16.5. The van der Waals surface area contributed by atoms with Crippen LogP contribution in [0.25, 0.3) is 0 Å². The molecule has 1 atom stereocenters. The zero-order chi connectivity index (χ0) is 19.3. The minimum absolute atomic E-state index is 0.350. The predicted molar refractivity (Wildman–Crippen MR) is 97.1 cm³/mol. The summed E-state index contributed by atoms with van der Waals surface area (Å²) in [6.45, 7) is 6.52. The van der Waals surface area contributed by atoms with Crippen molar-refractivity contribution in [1.82, 2.24) is 10.6 Å². The van der Waals surface area contributed by atoms with E-state index in [2.05, 4.69) is 24.5 Å². The normalized spacial score (nSPS) is 16.8. The largest absolute Gasteiger partial charge is 0.493 e. The summed E-state index contributed by atoms with van der Waals surface area (Å²) in [6.07, 6.45) is 0.934. The Bertz CT molecular complexity index is 712. The minimum atomic E-state index is -0.630. The number of methoxy groups -OCH3 is 2. The molecule has 0 aromatic heterocycles. The Labute approximate surface area is 153 Å². The molecule has 1 aromatic rings. The Balaban J connectivity index is 2.33. The van der Waals surface area contributed by atoms with Gasteiger partial charge < -0.3 is 24.8 Å². The molecule has 7 heteroatoms. The second kappa shape index (κ2) is 8.60. The first-order valence-corrected chi connectivity index (χ1v) is 8.54. The number of urea groups is 1. The van der Waals surface area contributed by atoms with Gasteiger partial charge in [-0.05, 0) is 37.0 Å². The molecule has 7 nitrogen and oxygen atoms in total. The van der Waals surface area contributed by atoms with E-state index < -0.39 is 12.0 Å². The average Bonchev–Trinajstić information content (AvgIpc) is 2.60. The Morgan fingerprint density at radius 3 is 2.58 bits per heavy atom. The standard InChI is InChI=1S/C19H26N2O5/c1-11(2)8-9-26-14-7-6-13(10-15(14)24-4)17-16(18(22)25-5)12(3)20-19(23)21-17/h6-7,10-11,17H,8-9H2,1-5H3,(H2,20,21,23)/t17-/m0/s1. The molecule has 0 radical (unpaired) electrons. The maximum absolute atomic E-state index is 12.2. The molecule has 1 aromatic carbocycles. The Morgan fingerprint density at radius 1 is 1.23 bits per heavy atom. The molecule has 1 heterocycles. The van der Waals surface area contributed by atoms with Crippen LogP contribution in [0, 0.1) is 5.92 Å². The summed E-state index contributed by atoms with van der Waals surface area (Å²) in [4.78, 5) is 24.0. The summed E-state index contributed by atoms with van der Waals surface area (Å²) in [7, 11) is 2.86. The predicted octanol–water partition coefficient (Wildman–Crippen LogP) is 2.92. The third-order valence-electron chi connectivity index (χ3n) is 4.15. The van der Waals surface area contributed by atoms with Crippen LogP contribution in [0.4, 0.5) is 4.79 Å². The van der Waals surface area contributed by atoms with Crippen molar-refractivity contribution in [1.29, 1.82) is 0 Å². The number of carbonyl (C=O) groups excluding carboxylic acids is 2. The van der Waals surface area contributed by atoms with E-state index in [0.717, 1.165) is 6.42 Å². The molecule has 0 saturated heterocycles. The average molecular weight is 362 g/mol. The first-order valence-electron chi connectivity index (χ1n) is 8.54. The molecule has 0 aliphatic carbocycles. The first-order chi connectivity index (χ1) is 12.4. The monoisotopic (exact) mass is 362 g/mol. The third-order valence-corrected chi connectivity index (χ3v) is 4.15. The molecule has 0 spiro atoms. The second-order valence-electron chi connectivity index (χ2n) is 6.50. The van der Waals surface area contributed by atoms with Crippen LogP contribution < -0.4 is 20.1 Å². The van der Waals surface area contributed by atoms with Crippen molar-refractivity contribution >= 4 is 12.0 Å². The zero-order valence-corrected chi connectivity index (χ0v) is 15.8. The number of carbonyl (C=O) groups is 2. The molecule has 1 aliphatic rings. The van der Waals surface area contributed by atoms with Crippen LogP contribution in [-0.2, 0) is 9.53 Å². The highest BCUT2D eigenvalue weighted by molar-refractivity contribution is 5.94. The molecule has 0 unspecified atom stereocenters. The molecule has 0 fully saturated rings. The maximum Gasteiger partial charge on any atom is 0.337 e. The van der Waals surface area contributed by atoms with E-state index in [1.54, 1.807) is 32.2 Å². The van der Waals surface area contributed by atoms with Crippen molar-refractivity contribution in [2.45, 2.75) is 33.2 Å². The lowest BCUT2D eigenvalue weighted by Crippen LogP contribution is -2.45. The quantitative estimate of drug-likeness (QED) is 0.729. The van der Waals surface area contributed by atoms with Crippen molar-refractivity contribution in [3.05, 3.63) is 35.0 Å². The molecule has 2 rings (SSSR count). The van der Waals surface area contributed by atoms with Crippen LogP contribution in [0.15, 0.2) is 29.5 Å². The molecular formula is C19H26N2O5. The fourth-order valence-corrected chi connectivity index (χ4v) is 2.71. The number of allylic oxidation sites excluding steroid dienone is 1. The fourth-order valence-electron chi connectivity index (χ4n) is 2.71. The summed E-state index contributed by atoms with van der Waals surface area (Å²) >= 11 is 0. The Morgan fingerprint density at radius 2 is 1.96 bits per heavy atom. The second-order valence-corrected chi connectivity index (χ2v) is 6.50. The van der Waals surface area contributed by atoms with Crippen LogP contribution in [0.3, 0.4) is 0 Å². The number of hydrogen-bond acceptors (Lipinski definition) is 5. The van der Waals surface area contributed by atoms with Gasteiger partial charge >= 0.3 is 12.0 Å². The molecule has 2 N–H and O–H groups in total. The van der Waals surface area contributed by atoms with Crippen LogP contribution in [0.1, 0.15) is 38.8 Å². The number of esters is 1. The molecule has 26 heavy (non-hydrogen) atoms. The van der Waals surface area contributed by atoms with E-state index in [0.29, 0.717) is 40.9 Å². The summed E-state index contributed by atoms with van der Waals surface area (Å²) < 4.78 is 16.1. The number of benzene rings is 1. The Hall–Kier alpha value is -2.70. The van der Waals surface area contributed by atoms with Gasteiger partial charge in [0.2, 0.25) is 0 Å². The van der Waals surface area contributed by atoms with E-state index >= 15 is 0 Å². The van der Waals surface area contributed by atoms with E-state index in [1.165, 1.54) is 7.11 Å². The van der Waals surface area contributed by atoms with Crippen molar-refractivity contribution in [3.63, 3.8) is 0 Å². The number of amides is 2. The van der Waals surface area contributed by atoms with Gasteiger partial charge in [0.15, 0.2) is 11.5 Å². The van der Waals surface area contributed by atoms with Gasteiger partial charge in [0.25, 0.3) is 0 Å². The van der Waals surface area contributed by atoms with Crippen LogP contribution in [0.5, 0.6) is 11.5 Å². The molecule has 0 bridgehead atoms. The highest BCUT2D eigenvalue weighted by Crippen LogP contribution is 2.34. The van der Waals surface area contributed by atoms with Crippen LogP contribution >= 0.6 is 0 Å². The molecule has 2 amide bonds. The molecule has 0 saturated carbocycles. The summed E-state index contributed by atoms with van der Waals surface area (Å²) in [6, 6.07) is 4.34. The van der Waals surface area contributed by atoms with Crippen LogP contribution in [-0.4, -0.2) is 32.8 Å². The number of nitrogens with one attached hydrogen (secondary N) is 2. The zero-order valence-electron chi connectivity index (χ0n) is 15.8. The maximum atomic E-state index is 12.2. The van der Waals surface area contributed by atoms with Crippen molar-refractivity contribution < 1.29 is 23.8 Å². The van der Waals surface area contributed by atoms with Crippen LogP contribution in [0.2, 0.25) is 0 Å². The third kappa shape index (κ3) is 4.47. The molecule has 142 valence electrons. The summed E-state index contributed by atoms with van der Waals surface area (Å²) in [5, 5.41) is 5.35. The van der Waals surface area contributed by atoms with Gasteiger partial charge in [0.1, 0.15) is 0 Å². The summed E-state index contributed by atoms with van der Waals surface area (Å²) in [5.41, 5.74) is 1.51. The number of ether oxygens (including phenoxy) is 3. The number of rotatable bonds is 7. The fraction of sp³-hybridized carbons (Fsp3) is 0.474. The first kappa shape index (κ1) is 19.6. The van der Waals surface area contributed by atoms with Crippen molar-refractivity contribution in [2.24, 2.45) is 5.92 Å². The van der Waals surface area contributed by atoms with Crippen molar-refractivity contribution in [3.8, 4) is 11.5 Å². The van der Waals surface area contributed by atoms with Gasteiger partial charge in [-0.3, -0.25) is 0 Å². The smallest absolute Gasteiger partial charge is 0.337 e. The lowest BCUT2D eigenvalue weighted by Gasteiger charge is -2.28. The van der Waals surface area contributed by atoms with Gasteiger partial charge in [-0.15, -0.1) is 0 Å². The summed E-state index contributed by atoms with van der Waals surface area (Å²) in [5.74, 6) is 1.20. The van der Waals surface area contributed by atoms with Crippen molar-refractivity contribution in [2.75, 3.05) is 20.8 Å². The highest BCUT2D eigenvalue weighted by Gasteiger charge is 2.32. The van der Waals surface area contributed by atoms with Gasteiger partial charge in [-0.2, -0.15) is 0 Å². The lowest BCUT2D eigenvalue weighted by atomic mass is 9.95. The van der Waals surface area contributed by atoms with E-state index in [4.69, 9.17) is 14.2 Å². The van der Waals surface area contributed by atoms with E-state index in [1.807, 2.05) is 0 Å². The minimum Gasteiger partial charge on any atom is -0.493 e. The SMILES string of the molecule is COC(=O)C1=C(C)NC(=O)N[C@H]1c1ccc(OCCC(C)C)c(OC)c1. The topological polar surface area (TPSA) is 85.9 Å². The molecule has 1 aliphatic heterocycles. The van der Waals surface area contributed by atoms with Gasteiger partial charge in [-0.1, -0.05) is 19.9 Å². The van der Waals surface area contributed by atoms with E-state index in [9.17, 15) is 9.59 Å². The van der Waals surface area contributed by atoms with E-state index in [-0.39, 0.29) is 6.03 Å². The molecular weight excluding hydrogens is 336 g/mol. The van der Waals surface area contributed by atoms with Gasteiger partial charge in [0.05, 0.1) is 32.4 Å². The van der Waals surface area contributed by atoms with Gasteiger partial charge in [0, 0.05) is 5.70 Å². The van der Waals surface area contributed by atoms with Gasteiger partial charge in [-0.25, -0.2) is 9.59 Å². The lowest BCUT2D eigenvalue weighted by molar-refractivity contribution is -0.136. The number of hydrogen-bond donors (Lipinski definition) is 2. The Kier molecular flexibility index (Phi) is 6.49.